The highest BCUT2D eigenvalue weighted by Crippen LogP contribution is 2.34. The molecule has 0 amide bonds. The molecule has 0 aliphatic heterocycles. The van der Waals surface area contributed by atoms with Gasteiger partial charge in [0.2, 0.25) is 0 Å². The molecule has 0 radical (unpaired) electrons. The molecule has 0 bridgehead atoms. The minimum Gasteiger partial charge on any atom is -0.490 e. The van der Waals surface area contributed by atoms with Gasteiger partial charge in [-0.05, 0) is 19.1 Å². The maximum atomic E-state index is 9.00. The first-order chi connectivity index (χ1) is 7.72. The molecule has 0 aromatic heterocycles. The van der Waals surface area contributed by atoms with E-state index in [-0.39, 0.29) is 0 Å². The molecule has 84 valence electrons. The summed E-state index contributed by atoms with van der Waals surface area (Å²) in [6.45, 7) is 6.31. The van der Waals surface area contributed by atoms with Crippen LogP contribution in [-0.4, -0.2) is 13.2 Å². The van der Waals surface area contributed by atoms with Crippen molar-refractivity contribution in [2.24, 2.45) is 0 Å². The summed E-state index contributed by atoms with van der Waals surface area (Å²) in [5, 5.41) is 9.00. The van der Waals surface area contributed by atoms with E-state index in [0.717, 1.165) is 4.47 Å². The smallest absolute Gasteiger partial charge is 0.179 e. The molecule has 0 atom stereocenters. The zero-order valence-electron chi connectivity index (χ0n) is 9.00. The fraction of sp³-hybridized carbons (Fsp3) is 0.250. The molecule has 3 nitrogen and oxygen atoms in total. The first kappa shape index (κ1) is 12.6. The van der Waals surface area contributed by atoms with Crippen LogP contribution in [0.4, 0.5) is 0 Å². The quantitative estimate of drug-likeness (QED) is 0.778. The molecule has 0 unspecified atom stereocenters. The van der Waals surface area contributed by atoms with Gasteiger partial charge in [0.25, 0.3) is 0 Å². The van der Waals surface area contributed by atoms with Crippen LogP contribution in [0.3, 0.4) is 0 Å². The highest BCUT2D eigenvalue weighted by Gasteiger charge is 2.12. The van der Waals surface area contributed by atoms with Crippen molar-refractivity contribution in [1.82, 2.24) is 0 Å². The first-order valence-corrected chi connectivity index (χ1v) is 5.62. The van der Waals surface area contributed by atoms with E-state index < -0.39 is 0 Å². The average Bonchev–Trinajstić information content (AvgIpc) is 2.27. The largest absolute Gasteiger partial charge is 0.490 e. The lowest BCUT2D eigenvalue weighted by molar-refractivity contribution is 0.296. The van der Waals surface area contributed by atoms with E-state index >= 15 is 0 Å². The van der Waals surface area contributed by atoms with E-state index in [1.807, 2.05) is 6.92 Å². The van der Waals surface area contributed by atoms with E-state index in [1.54, 1.807) is 18.2 Å². The maximum Gasteiger partial charge on any atom is 0.179 e. The van der Waals surface area contributed by atoms with Gasteiger partial charge in [-0.25, -0.2) is 0 Å². The van der Waals surface area contributed by atoms with Crippen LogP contribution in [0.2, 0.25) is 0 Å². The Kier molecular flexibility index (Phi) is 4.87. The number of hydrogen-bond acceptors (Lipinski definition) is 3. The van der Waals surface area contributed by atoms with Crippen molar-refractivity contribution in [2.45, 2.75) is 6.92 Å². The molecule has 0 spiro atoms. The number of rotatable bonds is 5. The SMILES string of the molecule is C=CCOc1c(C#N)cc(Br)cc1OCC. The third kappa shape index (κ3) is 3.01. The Labute approximate surface area is 103 Å². The zero-order valence-corrected chi connectivity index (χ0v) is 10.6. The summed E-state index contributed by atoms with van der Waals surface area (Å²) < 4.78 is 11.6. The molecule has 0 aliphatic carbocycles. The van der Waals surface area contributed by atoms with Crippen LogP contribution in [0, 0.1) is 11.3 Å². The number of nitrogens with zero attached hydrogens (tertiary/aromatic N) is 1. The topological polar surface area (TPSA) is 42.2 Å². The van der Waals surface area contributed by atoms with E-state index in [4.69, 9.17) is 14.7 Å². The van der Waals surface area contributed by atoms with Gasteiger partial charge >= 0.3 is 0 Å². The van der Waals surface area contributed by atoms with Gasteiger partial charge in [-0.15, -0.1) is 0 Å². The number of nitriles is 1. The number of hydrogen-bond donors (Lipinski definition) is 0. The molecule has 0 fully saturated rings. The van der Waals surface area contributed by atoms with Crippen molar-refractivity contribution in [3.05, 3.63) is 34.8 Å². The van der Waals surface area contributed by atoms with Gasteiger partial charge in [0.1, 0.15) is 12.7 Å². The Balaban J connectivity index is 3.16. The lowest BCUT2D eigenvalue weighted by Gasteiger charge is -2.12. The van der Waals surface area contributed by atoms with E-state index in [2.05, 4.69) is 28.6 Å². The molecule has 4 heteroatoms. The minimum absolute atomic E-state index is 0.344. The molecule has 16 heavy (non-hydrogen) atoms. The molecule has 0 heterocycles. The number of ether oxygens (including phenoxy) is 2. The Hall–Kier alpha value is -1.47. The lowest BCUT2D eigenvalue weighted by atomic mass is 10.2. The summed E-state index contributed by atoms with van der Waals surface area (Å²) in [7, 11) is 0. The molecule has 1 rings (SSSR count). The fourth-order valence-electron chi connectivity index (χ4n) is 1.21. The van der Waals surface area contributed by atoms with Gasteiger partial charge in [0.05, 0.1) is 12.2 Å². The van der Waals surface area contributed by atoms with Crippen molar-refractivity contribution < 1.29 is 9.47 Å². The summed E-state index contributed by atoms with van der Waals surface area (Å²) in [5.41, 5.74) is 0.444. The normalized spacial score (nSPS) is 9.31. The standard InChI is InChI=1S/C12H12BrNO2/c1-3-5-16-12-9(8-14)6-10(13)7-11(12)15-4-2/h3,6-7H,1,4-5H2,2H3. The number of halogens is 1. The maximum absolute atomic E-state index is 9.00. The monoisotopic (exact) mass is 281 g/mol. The molecule has 0 N–H and O–H groups in total. The van der Waals surface area contributed by atoms with Crippen LogP contribution in [0.1, 0.15) is 12.5 Å². The predicted molar refractivity (Wildman–Crippen MR) is 65.7 cm³/mol. The van der Waals surface area contributed by atoms with Crippen molar-refractivity contribution >= 4 is 15.9 Å². The average molecular weight is 282 g/mol. The van der Waals surface area contributed by atoms with Crippen molar-refractivity contribution in [2.75, 3.05) is 13.2 Å². The van der Waals surface area contributed by atoms with Crippen molar-refractivity contribution in [1.29, 1.82) is 5.26 Å². The van der Waals surface area contributed by atoms with E-state index in [0.29, 0.717) is 30.3 Å². The van der Waals surface area contributed by atoms with Gasteiger partial charge < -0.3 is 9.47 Å². The molecule has 1 aromatic rings. The Morgan fingerprint density at radius 2 is 2.25 bits per heavy atom. The third-order valence-electron chi connectivity index (χ3n) is 1.79. The molecular weight excluding hydrogens is 270 g/mol. The van der Waals surface area contributed by atoms with Crippen LogP contribution in [0.5, 0.6) is 11.5 Å². The fourth-order valence-corrected chi connectivity index (χ4v) is 1.64. The zero-order chi connectivity index (χ0) is 12.0. The second-order valence-electron chi connectivity index (χ2n) is 2.93. The Morgan fingerprint density at radius 3 is 2.81 bits per heavy atom. The predicted octanol–water partition coefficient (Wildman–Crippen LogP) is 3.28. The second-order valence-corrected chi connectivity index (χ2v) is 3.84. The third-order valence-corrected chi connectivity index (χ3v) is 2.24. The number of benzene rings is 1. The minimum atomic E-state index is 0.344. The molecule has 0 saturated carbocycles. The lowest BCUT2D eigenvalue weighted by Crippen LogP contribution is -2.01. The summed E-state index contributed by atoms with van der Waals surface area (Å²) in [6, 6.07) is 5.55. The van der Waals surface area contributed by atoms with Gasteiger partial charge in [0, 0.05) is 4.47 Å². The Morgan fingerprint density at radius 1 is 1.50 bits per heavy atom. The van der Waals surface area contributed by atoms with Crippen LogP contribution in [0.25, 0.3) is 0 Å². The van der Waals surface area contributed by atoms with Crippen LogP contribution < -0.4 is 9.47 Å². The van der Waals surface area contributed by atoms with Crippen molar-refractivity contribution in [3.8, 4) is 17.6 Å². The molecular formula is C12H12BrNO2. The van der Waals surface area contributed by atoms with Crippen LogP contribution in [0.15, 0.2) is 29.3 Å². The molecule has 0 saturated heterocycles. The molecule has 1 aromatic carbocycles. The van der Waals surface area contributed by atoms with E-state index in [9.17, 15) is 0 Å². The highest BCUT2D eigenvalue weighted by atomic mass is 79.9. The summed E-state index contributed by atoms with van der Waals surface area (Å²) in [5.74, 6) is 1.03. The van der Waals surface area contributed by atoms with Gasteiger partial charge in [0.15, 0.2) is 11.5 Å². The van der Waals surface area contributed by atoms with Crippen LogP contribution >= 0.6 is 15.9 Å². The second kappa shape index (κ2) is 6.19. The van der Waals surface area contributed by atoms with Gasteiger partial charge in [-0.3, -0.25) is 0 Å². The van der Waals surface area contributed by atoms with E-state index in [1.165, 1.54) is 0 Å². The highest BCUT2D eigenvalue weighted by molar-refractivity contribution is 9.10. The van der Waals surface area contributed by atoms with Gasteiger partial charge in [-0.2, -0.15) is 5.26 Å². The Bertz CT molecular complexity index is 424. The molecule has 0 aliphatic rings. The summed E-state index contributed by atoms with van der Waals surface area (Å²) in [6.07, 6.45) is 1.62. The summed E-state index contributed by atoms with van der Waals surface area (Å²) >= 11 is 3.32. The van der Waals surface area contributed by atoms with Crippen LogP contribution in [-0.2, 0) is 0 Å². The van der Waals surface area contributed by atoms with Gasteiger partial charge in [-0.1, -0.05) is 28.6 Å². The summed E-state index contributed by atoms with van der Waals surface area (Å²) in [4.78, 5) is 0. The first-order valence-electron chi connectivity index (χ1n) is 4.83. The van der Waals surface area contributed by atoms with Crippen molar-refractivity contribution in [3.63, 3.8) is 0 Å².